The number of sulfonamides is 1. The van der Waals surface area contributed by atoms with E-state index in [-0.39, 0.29) is 34.8 Å². The topological polar surface area (TPSA) is 88.5 Å². The van der Waals surface area contributed by atoms with E-state index in [0.29, 0.717) is 22.8 Å². The summed E-state index contributed by atoms with van der Waals surface area (Å²) in [5.41, 5.74) is 1.81. The van der Waals surface area contributed by atoms with Gasteiger partial charge in [-0.15, -0.1) is 0 Å². The molecular weight excluding hydrogens is 493 g/mol. The van der Waals surface area contributed by atoms with Crippen molar-refractivity contribution in [3.8, 4) is 0 Å². The molecule has 7 nitrogen and oxygen atoms in total. The molecule has 1 N–H and O–H groups in total. The Hall–Kier alpha value is -2.07. The summed E-state index contributed by atoms with van der Waals surface area (Å²) in [6.45, 7) is 4.00. The van der Waals surface area contributed by atoms with Crippen molar-refractivity contribution in [2.45, 2.75) is 32.7 Å². The molecule has 0 aliphatic rings. The van der Waals surface area contributed by atoms with Crippen LogP contribution in [-0.2, 0) is 14.8 Å². The van der Waals surface area contributed by atoms with E-state index in [1.165, 1.54) is 16.4 Å². The molecule has 1 heterocycles. The first kappa shape index (κ1) is 24.6. The van der Waals surface area contributed by atoms with E-state index < -0.39 is 10.0 Å². The summed E-state index contributed by atoms with van der Waals surface area (Å²) in [6.07, 6.45) is 1.52. The summed E-state index contributed by atoms with van der Waals surface area (Å²) >= 11 is 13.1. The number of benzene rings is 2. The molecule has 0 atom stereocenters. The van der Waals surface area contributed by atoms with Crippen LogP contribution in [0.4, 0.5) is 11.4 Å². The molecule has 3 aromatic rings. The number of aromatic nitrogens is 1. The molecule has 1 aromatic heterocycles. The number of thiazole rings is 1. The summed E-state index contributed by atoms with van der Waals surface area (Å²) in [5.74, 6) is -0.248. The molecule has 32 heavy (non-hydrogen) atoms. The number of hydrogen-bond donors (Lipinski definition) is 1. The fourth-order valence-electron chi connectivity index (χ4n) is 3.34. The number of nitrogens with zero attached hydrogens (tertiary/aromatic N) is 2. The molecule has 0 aliphatic carbocycles. The van der Waals surface area contributed by atoms with Gasteiger partial charge in [-0.1, -0.05) is 34.5 Å². The maximum atomic E-state index is 12.4. The number of rotatable bonds is 8. The van der Waals surface area contributed by atoms with Crippen LogP contribution in [0.25, 0.3) is 10.2 Å². The largest absolute Gasteiger partial charge is 0.326 e. The normalized spacial score (nSPS) is 11.8. The molecule has 1 amide bonds. The van der Waals surface area contributed by atoms with Gasteiger partial charge in [-0.05, 0) is 56.7 Å². The second kappa shape index (κ2) is 9.82. The highest BCUT2D eigenvalue weighted by Crippen LogP contribution is 2.29. The Balaban J connectivity index is 1.66. The maximum Gasteiger partial charge on any atom is 0.308 e. The summed E-state index contributed by atoms with van der Waals surface area (Å²) in [7, 11) is -3.57. The lowest BCUT2D eigenvalue weighted by Crippen LogP contribution is -2.31. The molecule has 0 unspecified atom stereocenters. The van der Waals surface area contributed by atoms with Gasteiger partial charge in [-0.25, -0.2) is 8.42 Å². The average molecular weight is 516 g/mol. The van der Waals surface area contributed by atoms with Crippen molar-refractivity contribution in [2.75, 3.05) is 22.4 Å². The van der Waals surface area contributed by atoms with Gasteiger partial charge < -0.3 is 5.32 Å². The fourth-order valence-corrected chi connectivity index (χ4v) is 5.64. The lowest BCUT2D eigenvalue weighted by Gasteiger charge is -2.22. The standard InChI is InChI=1S/C21H23Cl2N3O4S2/c1-13(2)26-18-9-6-14(11-19(18)31-21(26)28)24-20(27)5-4-10-25(32(3,29)30)15-7-8-16(22)17(23)12-15/h6-9,11-13H,4-5,10H2,1-3H3,(H,24,27). The first-order valence-electron chi connectivity index (χ1n) is 9.85. The van der Waals surface area contributed by atoms with E-state index in [1.54, 1.807) is 22.8 Å². The van der Waals surface area contributed by atoms with Crippen LogP contribution in [0, 0.1) is 0 Å². The quantitative estimate of drug-likeness (QED) is 0.449. The van der Waals surface area contributed by atoms with E-state index in [2.05, 4.69) is 5.32 Å². The molecule has 0 fully saturated rings. The molecular formula is C21H23Cl2N3O4S2. The molecule has 0 aliphatic heterocycles. The van der Waals surface area contributed by atoms with Crippen LogP contribution in [0.2, 0.25) is 10.0 Å². The molecule has 0 bridgehead atoms. The van der Waals surface area contributed by atoms with E-state index in [0.717, 1.165) is 27.8 Å². The third-order valence-corrected chi connectivity index (χ3v) is 7.62. The highest BCUT2D eigenvalue weighted by Gasteiger charge is 2.19. The van der Waals surface area contributed by atoms with Crippen LogP contribution in [0.1, 0.15) is 32.7 Å². The van der Waals surface area contributed by atoms with Crippen molar-refractivity contribution in [3.05, 3.63) is 56.1 Å². The Bertz CT molecular complexity index is 1320. The van der Waals surface area contributed by atoms with Crippen molar-refractivity contribution in [2.24, 2.45) is 0 Å². The highest BCUT2D eigenvalue weighted by atomic mass is 35.5. The van der Waals surface area contributed by atoms with Crippen molar-refractivity contribution < 1.29 is 13.2 Å². The van der Waals surface area contributed by atoms with Gasteiger partial charge in [-0.3, -0.25) is 18.5 Å². The predicted molar refractivity (Wildman–Crippen MR) is 133 cm³/mol. The van der Waals surface area contributed by atoms with E-state index in [9.17, 15) is 18.0 Å². The molecule has 0 saturated carbocycles. The number of carbonyl (C=O) groups is 1. The Morgan fingerprint density at radius 3 is 2.50 bits per heavy atom. The predicted octanol–water partition coefficient (Wildman–Crippen LogP) is 5.14. The zero-order valence-corrected chi connectivity index (χ0v) is 20.9. The van der Waals surface area contributed by atoms with Crippen molar-refractivity contribution in [3.63, 3.8) is 0 Å². The van der Waals surface area contributed by atoms with E-state index in [4.69, 9.17) is 23.2 Å². The zero-order chi connectivity index (χ0) is 23.6. The molecule has 0 radical (unpaired) electrons. The summed E-state index contributed by atoms with van der Waals surface area (Å²) in [6, 6.07) is 9.97. The second-order valence-electron chi connectivity index (χ2n) is 7.60. The Kier molecular flexibility index (Phi) is 7.54. The Morgan fingerprint density at radius 2 is 1.88 bits per heavy atom. The van der Waals surface area contributed by atoms with Gasteiger partial charge in [0.2, 0.25) is 15.9 Å². The monoisotopic (exact) mass is 515 g/mol. The SMILES string of the molecule is CC(C)n1c(=O)sc2cc(NC(=O)CCCN(c3ccc(Cl)c(Cl)c3)S(C)(=O)=O)ccc21. The minimum Gasteiger partial charge on any atom is -0.326 e. The lowest BCUT2D eigenvalue weighted by atomic mass is 10.2. The number of nitrogens with one attached hydrogen (secondary N) is 1. The molecule has 3 rings (SSSR count). The Labute approximate surface area is 200 Å². The number of anilines is 2. The second-order valence-corrected chi connectivity index (χ2v) is 11.3. The smallest absolute Gasteiger partial charge is 0.308 e. The third-order valence-electron chi connectivity index (χ3n) is 4.77. The molecule has 11 heteroatoms. The van der Waals surface area contributed by atoms with Gasteiger partial charge in [0, 0.05) is 24.7 Å². The van der Waals surface area contributed by atoms with Gasteiger partial charge >= 0.3 is 4.87 Å². The number of fused-ring (bicyclic) bond motifs is 1. The molecule has 2 aromatic carbocycles. The molecule has 0 saturated heterocycles. The van der Waals surface area contributed by atoms with Crippen molar-refractivity contribution in [1.82, 2.24) is 4.57 Å². The van der Waals surface area contributed by atoms with Gasteiger partial charge in [0.1, 0.15) is 0 Å². The highest BCUT2D eigenvalue weighted by molar-refractivity contribution is 7.92. The number of halogens is 2. The first-order chi connectivity index (χ1) is 15.0. The van der Waals surface area contributed by atoms with Crippen LogP contribution < -0.4 is 14.5 Å². The van der Waals surface area contributed by atoms with E-state index >= 15 is 0 Å². The van der Waals surface area contributed by atoms with Gasteiger partial charge in [0.15, 0.2) is 0 Å². The first-order valence-corrected chi connectivity index (χ1v) is 13.3. The minimum absolute atomic E-state index is 0.0401. The summed E-state index contributed by atoms with van der Waals surface area (Å²) in [4.78, 5) is 24.6. The number of carbonyl (C=O) groups excluding carboxylic acids is 1. The third kappa shape index (κ3) is 5.64. The maximum absolute atomic E-state index is 12.4. The fraction of sp³-hybridized carbons (Fsp3) is 0.333. The zero-order valence-electron chi connectivity index (χ0n) is 17.8. The van der Waals surface area contributed by atoms with Crippen molar-refractivity contribution >= 4 is 72.1 Å². The van der Waals surface area contributed by atoms with E-state index in [1.807, 2.05) is 19.9 Å². The van der Waals surface area contributed by atoms with Crippen LogP contribution in [-0.4, -0.2) is 31.7 Å². The van der Waals surface area contributed by atoms with Crippen LogP contribution in [0.5, 0.6) is 0 Å². The van der Waals surface area contributed by atoms with Crippen LogP contribution in [0.3, 0.4) is 0 Å². The molecule has 0 spiro atoms. The van der Waals surface area contributed by atoms with Gasteiger partial charge in [0.05, 0.1) is 32.2 Å². The number of hydrogen-bond acceptors (Lipinski definition) is 5. The summed E-state index contributed by atoms with van der Waals surface area (Å²) < 4.78 is 28.1. The summed E-state index contributed by atoms with van der Waals surface area (Å²) in [5, 5.41) is 3.39. The van der Waals surface area contributed by atoms with Crippen LogP contribution >= 0.6 is 34.5 Å². The Morgan fingerprint density at radius 1 is 1.16 bits per heavy atom. The lowest BCUT2D eigenvalue weighted by molar-refractivity contribution is -0.116. The minimum atomic E-state index is -3.57. The van der Waals surface area contributed by atoms with Gasteiger partial charge in [-0.2, -0.15) is 0 Å². The van der Waals surface area contributed by atoms with Gasteiger partial charge in [0.25, 0.3) is 0 Å². The average Bonchev–Trinajstić information content (AvgIpc) is 3.01. The molecule has 172 valence electrons. The number of amides is 1. The van der Waals surface area contributed by atoms with Crippen molar-refractivity contribution in [1.29, 1.82) is 0 Å². The van der Waals surface area contributed by atoms with Crippen LogP contribution in [0.15, 0.2) is 41.2 Å².